The van der Waals surface area contributed by atoms with Crippen LogP contribution in [0.4, 0.5) is 5.69 Å². The van der Waals surface area contributed by atoms with Crippen LogP contribution in [0.2, 0.25) is 0 Å². The Bertz CT molecular complexity index is 1010. The predicted molar refractivity (Wildman–Crippen MR) is 100 cm³/mol. The van der Waals surface area contributed by atoms with Gasteiger partial charge in [-0.25, -0.2) is 13.2 Å². The number of nitrogens with one attached hydrogen (secondary N) is 1. The predicted octanol–water partition coefficient (Wildman–Crippen LogP) is 1.91. The van der Waals surface area contributed by atoms with Gasteiger partial charge >= 0.3 is 5.97 Å². The normalized spacial score (nSPS) is 11.8. The fourth-order valence-electron chi connectivity index (χ4n) is 2.19. The molecule has 8 nitrogen and oxygen atoms in total. The zero-order chi connectivity index (χ0) is 20.7. The number of esters is 1. The van der Waals surface area contributed by atoms with Crippen LogP contribution in [0.1, 0.15) is 12.5 Å². The fraction of sp³-hybridized carbons (Fsp3) is 0.211. The Morgan fingerprint density at radius 3 is 2.39 bits per heavy atom. The first-order valence-electron chi connectivity index (χ1n) is 8.13. The molecule has 0 saturated carbocycles. The van der Waals surface area contributed by atoms with E-state index >= 15 is 0 Å². The van der Waals surface area contributed by atoms with Crippen LogP contribution in [0.25, 0.3) is 0 Å². The minimum atomic E-state index is -3.53. The summed E-state index contributed by atoms with van der Waals surface area (Å²) >= 11 is 0. The number of benzene rings is 2. The van der Waals surface area contributed by atoms with Crippen LogP contribution in [-0.2, 0) is 24.2 Å². The molecule has 0 heterocycles. The van der Waals surface area contributed by atoms with Gasteiger partial charge in [0.15, 0.2) is 22.5 Å². The number of nitrogens with zero attached hydrogens (tertiary/aromatic N) is 1. The summed E-state index contributed by atoms with van der Waals surface area (Å²) in [5.41, 5.74) is 0.557. The number of amides is 1. The second-order valence-corrected chi connectivity index (χ2v) is 7.80. The van der Waals surface area contributed by atoms with Crippen molar-refractivity contribution < 1.29 is 27.5 Å². The van der Waals surface area contributed by atoms with E-state index in [9.17, 15) is 18.0 Å². The molecule has 0 saturated heterocycles. The van der Waals surface area contributed by atoms with Crippen molar-refractivity contribution in [2.24, 2.45) is 0 Å². The average Bonchev–Trinajstić information content (AvgIpc) is 2.66. The van der Waals surface area contributed by atoms with E-state index in [2.05, 4.69) is 5.32 Å². The molecule has 0 unspecified atom stereocenters. The first kappa shape index (κ1) is 20.9. The molecule has 1 N–H and O–H groups in total. The molecule has 0 bridgehead atoms. The van der Waals surface area contributed by atoms with Crippen molar-refractivity contribution >= 4 is 27.4 Å². The Labute approximate surface area is 162 Å². The lowest BCUT2D eigenvalue weighted by molar-refractivity contribution is -0.153. The summed E-state index contributed by atoms with van der Waals surface area (Å²) in [4.78, 5) is 23.9. The van der Waals surface area contributed by atoms with Crippen LogP contribution in [0.5, 0.6) is 5.75 Å². The van der Waals surface area contributed by atoms with Crippen LogP contribution in [0.15, 0.2) is 53.4 Å². The number of anilines is 1. The van der Waals surface area contributed by atoms with Gasteiger partial charge in [0.1, 0.15) is 5.75 Å². The van der Waals surface area contributed by atoms with E-state index in [1.54, 1.807) is 18.2 Å². The largest absolute Gasteiger partial charge is 0.479 e. The van der Waals surface area contributed by atoms with Crippen molar-refractivity contribution in [1.82, 2.24) is 0 Å². The molecule has 0 fully saturated rings. The summed E-state index contributed by atoms with van der Waals surface area (Å²) < 4.78 is 33.8. The number of carbonyl (C=O) groups excluding carboxylic acids is 2. The molecule has 0 aliphatic rings. The molecule has 9 heteroatoms. The maximum absolute atomic E-state index is 12.0. The summed E-state index contributed by atoms with van der Waals surface area (Å²) in [6.07, 6.45) is 0.0456. The highest BCUT2D eigenvalue weighted by molar-refractivity contribution is 7.90. The van der Waals surface area contributed by atoms with Gasteiger partial charge in [0, 0.05) is 6.26 Å². The van der Waals surface area contributed by atoms with Gasteiger partial charge in [-0.15, -0.1) is 0 Å². The molecule has 0 spiro atoms. The third kappa shape index (κ3) is 5.82. The highest BCUT2D eigenvalue weighted by Crippen LogP contribution is 2.20. The van der Waals surface area contributed by atoms with Gasteiger partial charge in [0.05, 0.1) is 22.2 Å². The first-order chi connectivity index (χ1) is 13.2. The van der Waals surface area contributed by atoms with Crippen LogP contribution in [0.3, 0.4) is 0 Å². The number of hydrogen-bond donors (Lipinski definition) is 1. The van der Waals surface area contributed by atoms with Crippen LogP contribution in [0, 0.1) is 11.3 Å². The minimum absolute atomic E-state index is 0.0350. The van der Waals surface area contributed by atoms with Gasteiger partial charge in [0.2, 0.25) is 0 Å². The van der Waals surface area contributed by atoms with Crippen molar-refractivity contribution in [3.05, 3.63) is 54.1 Å². The van der Waals surface area contributed by atoms with Crippen molar-refractivity contribution in [3.8, 4) is 11.8 Å². The molecule has 1 atom stereocenters. The zero-order valence-electron chi connectivity index (χ0n) is 15.2. The third-order valence-electron chi connectivity index (χ3n) is 3.53. The quantitative estimate of drug-likeness (QED) is 0.702. The minimum Gasteiger partial charge on any atom is -0.479 e. The Morgan fingerprint density at radius 1 is 1.14 bits per heavy atom. The molecule has 0 radical (unpaired) electrons. The van der Waals surface area contributed by atoms with E-state index in [0.717, 1.165) is 6.26 Å². The molecule has 146 valence electrons. The summed E-state index contributed by atoms with van der Waals surface area (Å²) in [5.74, 6) is -1.08. The van der Waals surface area contributed by atoms with E-state index in [1.165, 1.54) is 37.3 Å². The number of ether oxygens (including phenoxy) is 2. The molecule has 0 aromatic heterocycles. The second kappa shape index (κ2) is 9.01. The van der Waals surface area contributed by atoms with Gasteiger partial charge in [-0.3, -0.25) is 4.79 Å². The Kier molecular flexibility index (Phi) is 6.74. The maximum atomic E-state index is 12.0. The van der Waals surface area contributed by atoms with Crippen LogP contribution < -0.4 is 10.1 Å². The van der Waals surface area contributed by atoms with Crippen molar-refractivity contribution in [2.45, 2.75) is 17.9 Å². The highest BCUT2D eigenvalue weighted by atomic mass is 32.2. The summed E-state index contributed by atoms with van der Waals surface area (Å²) in [7, 11) is -3.53. The zero-order valence-corrected chi connectivity index (χ0v) is 16.0. The first-order valence-corrected chi connectivity index (χ1v) is 10.0. The molecule has 1 amide bonds. The highest BCUT2D eigenvalue weighted by Gasteiger charge is 2.19. The topological polar surface area (TPSA) is 123 Å². The molecular weight excluding hydrogens is 384 g/mol. The number of carbonyl (C=O) groups is 2. The van der Waals surface area contributed by atoms with E-state index in [1.807, 2.05) is 6.07 Å². The van der Waals surface area contributed by atoms with Gasteiger partial charge in [-0.2, -0.15) is 5.26 Å². The van der Waals surface area contributed by atoms with Gasteiger partial charge < -0.3 is 14.8 Å². The van der Waals surface area contributed by atoms with Crippen molar-refractivity contribution in [1.29, 1.82) is 5.26 Å². The SMILES string of the molecule is C[C@@H](Oc1ccc(C#N)cc1)C(=O)OCC(=O)Nc1ccccc1S(C)(=O)=O. The number of para-hydroxylation sites is 1. The monoisotopic (exact) mass is 402 g/mol. The van der Waals surface area contributed by atoms with Gasteiger partial charge in [-0.05, 0) is 43.3 Å². The average molecular weight is 402 g/mol. The number of nitriles is 1. The molecule has 2 aromatic rings. The summed E-state index contributed by atoms with van der Waals surface area (Å²) in [6, 6.07) is 14.0. The second-order valence-electron chi connectivity index (χ2n) is 5.82. The van der Waals surface area contributed by atoms with Crippen LogP contribution in [-0.4, -0.2) is 39.3 Å². The standard InChI is InChI=1S/C19H18N2O6S/c1-13(27-15-9-7-14(11-20)8-10-15)19(23)26-12-18(22)21-16-5-3-4-6-17(16)28(2,24)25/h3-10,13H,12H2,1-2H3,(H,21,22)/t13-/m1/s1. The fourth-order valence-corrected chi connectivity index (χ4v) is 3.04. The number of rotatable bonds is 7. The van der Waals surface area contributed by atoms with Gasteiger partial charge in [0.25, 0.3) is 5.91 Å². The van der Waals surface area contributed by atoms with Crippen LogP contribution >= 0.6 is 0 Å². The van der Waals surface area contributed by atoms with E-state index < -0.39 is 34.4 Å². The Hall–Kier alpha value is -3.38. The number of sulfone groups is 1. The molecule has 0 aliphatic carbocycles. The lowest BCUT2D eigenvalue weighted by atomic mass is 10.2. The van der Waals surface area contributed by atoms with E-state index in [4.69, 9.17) is 14.7 Å². The van der Waals surface area contributed by atoms with Crippen molar-refractivity contribution in [2.75, 3.05) is 18.2 Å². The third-order valence-corrected chi connectivity index (χ3v) is 4.69. The number of hydrogen-bond acceptors (Lipinski definition) is 7. The lowest BCUT2D eigenvalue weighted by Crippen LogP contribution is -2.30. The van der Waals surface area contributed by atoms with Gasteiger partial charge in [-0.1, -0.05) is 12.1 Å². The molecule has 2 rings (SSSR count). The maximum Gasteiger partial charge on any atom is 0.347 e. The summed E-state index contributed by atoms with van der Waals surface area (Å²) in [6.45, 7) is 0.857. The Balaban J connectivity index is 1.90. The molecular formula is C19H18N2O6S. The van der Waals surface area contributed by atoms with Crippen molar-refractivity contribution in [3.63, 3.8) is 0 Å². The smallest absolute Gasteiger partial charge is 0.347 e. The molecule has 2 aromatic carbocycles. The molecule has 28 heavy (non-hydrogen) atoms. The summed E-state index contributed by atoms with van der Waals surface area (Å²) in [5, 5.41) is 11.2. The van der Waals surface area contributed by atoms with E-state index in [0.29, 0.717) is 11.3 Å². The molecule has 0 aliphatic heterocycles. The Morgan fingerprint density at radius 2 is 1.79 bits per heavy atom. The lowest BCUT2D eigenvalue weighted by Gasteiger charge is -2.14. The van der Waals surface area contributed by atoms with E-state index in [-0.39, 0.29) is 10.6 Å².